The molecule has 0 radical (unpaired) electrons. The normalized spacial score (nSPS) is 11.5. The van der Waals surface area contributed by atoms with E-state index in [2.05, 4.69) is 4.98 Å². The summed E-state index contributed by atoms with van der Waals surface area (Å²) in [5.41, 5.74) is 0.610. The summed E-state index contributed by atoms with van der Waals surface area (Å²) in [6.45, 7) is 0. The van der Waals surface area contributed by atoms with Crippen molar-refractivity contribution in [3.63, 3.8) is 0 Å². The van der Waals surface area contributed by atoms with Crippen LogP contribution in [0.4, 0.5) is 3.89 Å². The molecule has 1 heterocycles. The predicted molar refractivity (Wildman–Crippen MR) is 51.3 cm³/mol. The molecular formula is C9H5FN2O2S. The third-order valence-corrected chi connectivity index (χ3v) is 2.92. The molecule has 1 aromatic heterocycles. The van der Waals surface area contributed by atoms with Crippen molar-refractivity contribution in [2.24, 2.45) is 0 Å². The molecule has 0 saturated heterocycles. The molecule has 4 nitrogen and oxygen atoms in total. The fourth-order valence-electron chi connectivity index (χ4n) is 1.42. The highest BCUT2D eigenvalue weighted by molar-refractivity contribution is 7.86. The first-order valence-corrected chi connectivity index (χ1v) is 5.37. The van der Waals surface area contributed by atoms with Gasteiger partial charge in [-0.15, -0.1) is 3.89 Å². The van der Waals surface area contributed by atoms with E-state index >= 15 is 0 Å². The largest absolute Gasteiger partial charge is 0.359 e. The Morgan fingerprint density at radius 1 is 1.40 bits per heavy atom. The van der Waals surface area contributed by atoms with E-state index in [1.54, 1.807) is 0 Å². The Morgan fingerprint density at radius 2 is 2.13 bits per heavy atom. The number of nitrogens with zero attached hydrogens (tertiary/aromatic N) is 1. The zero-order valence-electron chi connectivity index (χ0n) is 7.36. The number of halogens is 1. The third-order valence-electron chi connectivity index (χ3n) is 2.06. The number of H-pyrrole nitrogens is 1. The highest BCUT2D eigenvalue weighted by atomic mass is 32.3. The molecule has 0 unspecified atom stereocenters. The first-order chi connectivity index (χ1) is 7.04. The number of aromatic amines is 1. The van der Waals surface area contributed by atoms with Crippen LogP contribution >= 0.6 is 0 Å². The molecule has 0 aliphatic carbocycles. The number of nitrogens with one attached hydrogen (secondary N) is 1. The van der Waals surface area contributed by atoms with Gasteiger partial charge in [0.25, 0.3) is 0 Å². The maximum absolute atomic E-state index is 12.8. The van der Waals surface area contributed by atoms with Crippen molar-refractivity contribution in [1.29, 1.82) is 5.26 Å². The summed E-state index contributed by atoms with van der Waals surface area (Å²) in [5.74, 6) is 0. The molecule has 0 atom stereocenters. The molecule has 0 aliphatic heterocycles. The van der Waals surface area contributed by atoms with Crippen molar-refractivity contribution in [3.8, 4) is 6.07 Å². The van der Waals surface area contributed by atoms with Gasteiger partial charge in [0.05, 0.1) is 11.1 Å². The van der Waals surface area contributed by atoms with Gasteiger partial charge in [0.2, 0.25) is 0 Å². The second-order valence-electron chi connectivity index (χ2n) is 2.93. The summed E-state index contributed by atoms with van der Waals surface area (Å²) >= 11 is 0. The highest BCUT2D eigenvalue weighted by Gasteiger charge is 2.18. The van der Waals surface area contributed by atoms with Gasteiger partial charge in [0.15, 0.2) is 0 Å². The minimum absolute atomic E-state index is 0.191. The van der Waals surface area contributed by atoms with Crippen LogP contribution in [-0.2, 0) is 10.2 Å². The van der Waals surface area contributed by atoms with Crippen LogP contribution < -0.4 is 0 Å². The molecule has 1 aromatic carbocycles. The molecule has 0 spiro atoms. The Labute approximate surface area is 85.2 Å². The number of fused-ring (bicyclic) bond motifs is 1. The standard InChI is InChI=1S/C9H5FN2O2S/c10-15(13,14)8-5-12-9-6(4-11)2-1-3-7(8)9/h1-3,5,12H. The van der Waals surface area contributed by atoms with Gasteiger partial charge in [-0.1, -0.05) is 12.1 Å². The Balaban J connectivity index is 2.91. The van der Waals surface area contributed by atoms with Crippen LogP contribution in [0.3, 0.4) is 0 Å². The van der Waals surface area contributed by atoms with Crippen LogP contribution in [0, 0.1) is 11.3 Å². The number of hydrogen-bond donors (Lipinski definition) is 1. The summed E-state index contributed by atoms with van der Waals surface area (Å²) in [7, 11) is -4.75. The van der Waals surface area contributed by atoms with Crippen LogP contribution in [0.5, 0.6) is 0 Å². The van der Waals surface area contributed by atoms with Gasteiger partial charge in [-0.3, -0.25) is 0 Å². The first-order valence-electron chi connectivity index (χ1n) is 3.99. The van der Waals surface area contributed by atoms with Gasteiger partial charge in [0, 0.05) is 11.6 Å². The van der Waals surface area contributed by atoms with Crippen LogP contribution in [0.1, 0.15) is 5.56 Å². The molecule has 2 rings (SSSR count). The molecule has 0 fully saturated rings. The monoisotopic (exact) mass is 224 g/mol. The molecule has 0 amide bonds. The topological polar surface area (TPSA) is 73.7 Å². The minimum atomic E-state index is -4.75. The van der Waals surface area contributed by atoms with Crippen LogP contribution in [-0.4, -0.2) is 13.4 Å². The van der Waals surface area contributed by atoms with E-state index in [4.69, 9.17) is 5.26 Å². The van der Waals surface area contributed by atoms with Gasteiger partial charge in [-0.25, -0.2) is 0 Å². The van der Waals surface area contributed by atoms with Crippen molar-refractivity contribution < 1.29 is 12.3 Å². The smallest absolute Gasteiger partial charge is 0.334 e. The van der Waals surface area contributed by atoms with E-state index in [-0.39, 0.29) is 10.9 Å². The Hall–Kier alpha value is -1.87. The number of hydrogen-bond acceptors (Lipinski definition) is 3. The number of rotatable bonds is 1. The van der Waals surface area contributed by atoms with Gasteiger partial charge in [-0.05, 0) is 6.07 Å². The second kappa shape index (κ2) is 3.07. The number of para-hydroxylation sites is 1. The molecule has 0 aliphatic rings. The molecule has 0 saturated carbocycles. The van der Waals surface area contributed by atoms with Gasteiger partial charge in [0.1, 0.15) is 11.0 Å². The SMILES string of the molecule is N#Cc1cccc2c(S(=O)(=O)F)c[nH]c12. The number of benzene rings is 1. The third kappa shape index (κ3) is 1.47. The predicted octanol–water partition coefficient (Wildman–Crippen LogP) is 1.70. The van der Waals surface area contributed by atoms with Crippen molar-refractivity contribution >= 4 is 21.1 Å². The van der Waals surface area contributed by atoms with Crippen LogP contribution in [0.2, 0.25) is 0 Å². The van der Waals surface area contributed by atoms with E-state index in [0.717, 1.165) is 6.20 Å². The lowest BCUT2D eigenvalue weighted by molar-refractivity contribution is 0.553. The Kier molecular flexibility index (Phi) is 1.98. The minimum Gasteiger partial charge on any atom is -0.359 e. The van der Waals surface area contributed by atoms with Crippen molar-refractivity contribution in [3.05, 3.63) is 30.0 Å². The highest BCUT2D eigenvalue weighted by Crippen LogP contribution is 2.25. The van der Waals surface area contributed by atoms with E-state index in [9.17, 15) is 12.3 Å². The lowest BCUT2D eigenvalue weighted by atomic mass is 10.2. The summed E-state index contributed by atoms with van der Waals surface area (Å²) in [6.07, 6.45) is 1.04. The quantitative estimate of drug-likeness (QED) is 0.749. The maximum Gasteiger partial charge on any atom is 0.334 e. The van der Waals surface area contributed by atoms with Crippen LogP contribution in [0.25, 0.3) is 10.9 Å². The lowest BCUT2D eigenvalue weighted by Gasteiger charge is -1.93. The average molecular weight is 224 g/mol. The fourth-order valence-corrected chi connectivity index (χ4v) is 2.06. The Bertz CT molecular complexity index is 667. The van der Waals surface area contributed by atoms with E-state index < -0.39 is 15.1 Å². The molecule has 76 valence electrons. The fraction of sp³-hybridized carbons (Fsp3) is 0. The van der Waals surface area contributed by atoms with Gasteiger partial charge >= 0.3 is 10.2 Å². The van der Waals surface area contributed by atoms with Gasteiger partial charge in [-0.2, -0.15) is 13.7 Å². The summed E-state index contributed by atoms with van der Waals surface area (Å²) in [6, 6.07) is 6.35. The number of aromatic nitrogens is 1. The zero-order valence-corrected chi connectivity index (χ0v) is 8.18. The van der Waals surface area contributed by atoms with Gasteiger partial charge < -0.3 is 4.98 Å². The van der Waals surface area contributed by atoms with E-state index in [1.807, 2.05) is 6.07 Å². The summed E-state index contributed by atoms with van der Waals surface area (Å²) < 4.78 is 34.3. The van der Waals surface area contributed by atoms with Crippen molar-refractivity contribution in [1.82, 2.24) is 4.98 Å². The van der Waals surface area contributed by atoms with Crippen LogP contribution in [0.15, 0.2) is 29.3 Å². The number of nitriles is 1. The molecular weight excluding hydrogens is 219 g/mol. The lowest BCUT2D eigenvalue weighted by Crippen LogP contribution is -1.89. The molecule has 0 bridgehead atoms. The summed E-state index contributed by atoms with van der Waals surface area (Å²) in [5, 5.41) is 8.93. The van der Waals surface area contributed by atoms with Crippen molar-refractivity contribution in [2.45, 2.75) is 4.90 Å². The van der Waals surface area contributed by atoms with E-state index in [1.165, 1.54) is 18.2 Å². The van der Waals surface area contributed by atoms with Crippen molar-refractivity contribution in [2.75, 3.05) is 0 Å². The second-order valence-corrected chi connectivity index (χ2v) is 4.25. The molecule has 1 N–H and O–H groups in total. The van der Waals surface area contributed by atoms with E-state index in [0.29, 0.717) is 5.52 Å². The molecule has 6 heteroatoms. The zero-order chi connectivity index (χ0) is 11.1. The average Bonchev–Trinajstić information content (AvgIpc) is 2.59. The maximum atomic E-state index is 12.8. The Morgan fingerprint density at radius 3 is 2.73 bits per heavy atom. The molecule has 15 heavy (non-hydrogen) atoms. The first kappa shape index (κ1) is 9.68. The summed E-state index contributed by atoms with van der Waals surface area (Å²) in [4.78, 5) is 2.14. The molecule has 2 aromatic rings.